The van der Waals surface area contributed by atoms with Crippen LogP contribution in [-0.4, -0.2) is 30.7 Å². The number of rotatable bonds is 7. The Bertz CT molecular complexity index is 917. The van der Waals surface area contributed by atoms with Crippen LogP contribution >= 0.6 is 11.6 Å². The third kappa shape index (κ3) is 5.76. The Morgan fingerprint density at radius 1 is 1.26 bits per heavy atom. The first-order valence-electron chi connectivity index (χ1n) is 7.64. The average Bonchev–Trinajstić information content (AvgIpc) is 2.65. The first-order valence-corrected chi connectivity index (χ1v) is 8.02. The molecule has 0 saturated heterocycles. The van der Waals surface area contributed by atoms with E-state index >= 15 is 0 Å². The molecule has 27 heavy (non-hydrogen) atoms. The van der Waals surface area contributed by atoms with Gasteiger partial charge in [0.05, 0.1) is 12.8 Å². The highest BCUT2D eigenvalue weighted by atomic mass is 35.5. The number of anilines is 1. The summed E-state index contributed by atoms with van der Waals surface area (Å²) in [4.78, 5) is 22.9. The van der Waals surface area contributed by atoms with Crippen molar-refractivity contribution in [1.29, 1.82) is 5.26 Å². The zero-order valence-electron chi connectivity index (χ0n) is 14.2. The maximum atomic E-state index is 12.4. The van der Waals surface area contributed by atoms with Crippen LogP contribution in [0.2, 0.25) is 5.02 Å². The molecule has 0 saturated carbocycles. The lowest BCUT2D eigenvalue weighted by Crippen LogP contribution is -2.14. The minimum absolute atomic E-state index is 0.128. The van der Waals surface area contributed by atoms with Crippen LogP contribution in [0.5, 0.6) is 11.5 Å². The Morgan fingerprint density at radius 3 is 2.56 bits per heavy atom. The SMILES string of the molecule is COc1ccc(Cl)cc1NC(=O)/C(C#N)=C/c1ccc(OCC(=O)O)cc1. The molecule has 0 heterocycles. The molecule has 0 fully saturated rings. The van der Waals surface area contributed by atoms with E-state index in [4.69, 9.17) is 26.2 Å². The number of nitriles is 1. The van der Waals surface area contributed by atoms with E-state index in [0.717, 1.165) is 0 Å². The molecule has 0 radical (unpaired) electrons. The van der Waals surface area contributed by atoms with Crippen molar-refractivity contribution in [2.24, 2.45) is 0 Å². The number of amides is 1. The van der Waals surface area contributed by atoms with Crippen LogP contribution in [0.4, 0.5) is 5.69 Å². The molecule has 0 spiro atoms. The molecule has 0 bridgehead atoms. The lowest BCUT2D eigenvalue weighted by atomic mass is 10.1. The zero-order valence-corrected chi connectivity index (χ0v) is 15.0. The third-order valence-corrected chi connectivity index (χ3v) is 3.56. The second-order valence-electron chi connectivity index (χ2n) is 5.22. The Balaban J connectivity index is 2.16. The van der Waals surface area contributed by atoms with Gasteiger partial charge in [-0.1, -0.05) is 23.7 Å². The number of carboxylic acid groups (broad SMARTS) is 1. The topological polar surface area (TPSA) is 109 Å². The number of halogens is 1. The molecule has 8 heteroatoms. The Kier molecular flexibility index (Phi) is 6.80. The van der Waals surface area contributed by atoms with Crippen molar-refractivity contribution in [1.82, 2.24) is 0 Å². The Hall–Kier alpha value is -3.50. The second kappa shape index (κ2) is 9.27. The van der Waals surface area contributed by atoms with Crippen molar-refractivity contribution in [3.63, 3.8) is 0 Å². The van der Waals surface area contributed by atoms with E-state index in [2.05, 4.69) is 5.32 Å². The highest BCUT2D eigenvalue weighted by molar-refractivity contribution is 6.31. The fourth-order valence-electron chi connectivity index (χ4n) is 2.09. The molecule has 2 rings (SSSR count). The largest absolute Gasteiger partial charge is 0.495 e. The van der Waals surface area contributed by atoms with E-state index < -0.39 is 18.5 Å². The molecule has 0 aliphatic heterocycles. The van der Waals surface area contributed by atoms with E-state index in [-0.39, 0.29) is 5.57 Å². The number of ether oxygens (including phenoxy) is 2. The van der Waals surface area contributed by atoms with Gasteiger partial charge >= 0.3 is 5.97 Å². The van der Waals surface area contributed by atoms with E-state index in [1.165, 1.54) is 19.3 Å². The molecule has 2 aromatic carbocycles. The maximum Gasteiger partial charge on any atom is 0.341 e. The van der Waals surface area contributed by atoms with Crippen LogP contribution in [0.1, 0.15) is 5.56 Å². The molecular weight excluding hydrogens is 372 g/mol. The average molecular weight is 387 g/mol. The van der Waals surface area contributed by atoms with E-state index in [9.17, 15) is 14.9 Å². The molecule has 0 aliphatic carbocycles. The number of benzene rings is 2. The van der Waals surface area contributed by atoms with E-state index in [1.807, 2.05) is 6.07 Å². The van der Waals surface area contributed by atoms with Crippen LogP contribution in [0.25, 0.3) is 6.08 Å². The highest BCUT2D eigenvalue weighted by Crippen LogP contribution is 2.28. The van der Waals surface area contributed by atoms with Gasteiger partial charge < -0.3 is 19.9 Å². The van der Waals surface area contributed by atoms with Gasteiger partial charge in [-0.15, -0.1) is 0 Å². The molecule has 0 unspecified atom stereocenters. The van der Waals surface area contributed by atoms with Gasteiger partial charge in [-0.25, -0.2) is 4.79 Å². The fourth-order valence-corrected chi connectivity index (χ4v) is 2.26. The summed E-state index contributed by atoms with van der Waals surface area (Å²) >= 11 is 5.93. The summed E-state index contributed by atoms with van der Waals surface area (Å²) in [5.74, 6) is -0.936. The van der Waals surface area contributed by atoms with E-state index in [0.29, 0.717) is 27.8 Å². The maximum absolute atomic E-state index is 12.4. The van der Waals surface area contributed by atoms with Gasteiger partial charge in [-0.05, 0) is 42.0 Å². The van der Waals surface area contributed by atoms with E-state index in [1.54, 1.807) is 36.4 Å². The van der Waals surface area contributed by atoms with Crippen molar-refractivity contribution >= 4 is 35.2 Å². The lowest BCUT2D eigenvalue weighted by Gasteiger charge is -2.10. The summed E-state index contributed by atoms with van der Waals surface area (Å²) in [6.07, 6.45) is 1.40. The first kappa shape index (κ1) is 19.8. The summed E-state index contributed by atoms with van der Waals surface area (Å²) in [5.41, 5.74) is 0.784. The molecule has 0 atom stereocenters. The minimum Gasteiger partial charge on any atom is -0.495 e. The van der Waals surface area contributed by atoms with Crippen LogP contribution < -0.4 is 14.8 Å². The number of hydrogen-bond donors (Lipinski definition) is 2. The number of carbonyl (C=O) groups excluding carboxylic acids is 1. The van der Waals surface area contributed by atoms with Gasteiger partial charge in [0.2, 0.25) is 0 Å². The first-order chi connectivity index (χ1) is 12.9. The molecule has 2 aromatic rings. The van der Waals surface area contributed by atoms with Crippen molar-refractivity contribution < 1.29 is 24.2 Å². The molecule has 138 valence electrons. The smallest absolute Gasteiger partial charge is 0.341 e. The molecule has 2 N–H and O–H groups in total. The molecule has 7 nitrogen and oxygen atoms in total. The zero-order chi connectivity index (χ0) is 19.8. The second-order valence-corrected chi connectivity index (χ2v) is 5.66. The van der Waals surface area contributed by atoms with Gasteiger partial charge in [0.1, 0.15) is 23.1 Å². The summed E-state index contributed by atoms with van der Waals surface area (Å²) in [6, 6.07) is 12.9. The van der Waals surface area contributed by atoms with Gasteiger partial charge in [0.25, 0.3) is 5.91 Å². The quantitative estimate of drug-likeness (QED) is 0.558. The monoisotopic (exact) mass is 386 g/mol. The standard InChI is InChI=1S/C19H15ClN2O5/c1-26-17-7-4-14(20)9-16(17)22-19(25)13(10-21)8-12-2-5-15(6-3-12)27-11-18(23)24/h2-9H,11H2,1H3,(H,22,25)(H,23,24)/b13-8+. The number of hydrogen-bond acceptors (Lipinski definition) is 5. The third-order valence-electron chi connectivity index (χ3n) is 3.33. The van der Waals surface area contributed by atoms with Crippen LogP contribution in [0, 0.1) is 11.3 Å². The summed E-state index contributed by atoms with van der Waals surface area (Å²) < 4.78 is 10.2. The summed E-state index contributed by atoms with van der Waals surface area (Å²) in [7, 11) is 1.45. The van der Waals surface area contributed by atoms with Crippen molar-refractivity contribution in [3.05, 3.63) is 58.6 Å². The number of nitrogens with one attached hydrogen (secondary N) is 1. The van der Waals surface area contributed by atoms with Gasteiger partial charge in [0, 0.05) is 5.02 Å². The number of nitrogens with zero attached hydrogens (tertiary/aromatic N) is 1. The van der Waals surface area contributed by atoms with Crippen molar-refractivity contribution in [2.45, 2.75) is 0 Å². The number of aliphatic carboxylic acids is 1. The predicted molar refractivity (Wildman–Crippen MR) is 99.8 cm³/mol. The molecule has 1 amide bonds. The number of methoxy groups -OCH3 is 1. The van der Waals surface area contributed by atoms with Gasteiger partial charge in [-0.2, -0.15) is 5.26 Å². The lowest BCUT2D eigenvalue weighted by molar-refractivity contribution is -0.139. The number of carbonyl (C=O) groups is 2. The Morgan fingerprint density at radius 2 is 1.96 bits per heavy atom. The summed E-state index contributed by atoms with van der Waals surface area (Å²) in [6.45, 7) is -0.456. The minimum atomic E-state index is -1.08. The molecule has 0 aliphatic rings. The highest BCUT2D eigenvalue weighted by Gasteiger charge is 2.13. The Labute approximate surface area is 160 Å². The van der Waals surface area contributed by atoms with Gasteiger partial charge in [-0.3, -0.25) is 4.79 Å². The molecule has 0 aromatic heterocycles. The van der Waals surface area contributed by atoms with Crippen LogP contribution in [-0.2, 0) is 9.59 Å². The normalized spacial score (nSPS) is 10.6. The van der Waals surface area contributed by atoms with Gasteiger partial charge in [0.15, 0.2) is 6.61 Å². The van der Waals surface area contributed by atoms with Crippen molar-refractivity contribution in [3.8, 4) is 17.6 Å². The van der Waals surface area contributed by atoms with Crippen molar-refractivity contribution in [2.75, 3.05) is 19.0 Å². The van der Waals surface area contributed by atoms with Crippen LogP contribution in [0.15, 0.2) is 48.0 Å². The number of carboxylic acids is 1. The van der Waals surface area contributed by atoms with Crippen LogP contribution in [0.3, 0.4) is 0 Å². The predicted octanol–water partition coefficient (Wildman–Crippen LogP) is 3.36. The fraction of sp³-hybridized carbons (Fsp3) is 0.105. The summed E-state index contributed by atoms with van der Waals surface area (Å²) in [5, 5.41) is 20.9. The molecular formula is C19H15ClN2O5.